The van der Waals surface area contributed by atoms with E-state index in [1.807, 2.05) is 0 Å². The third-order valence-corrected chi connectivity index (χ3v) is 6.70. The number of methoxy groups -OCH3 is 3. The minimum Gasteiger partial charge on any atom is -0.502 e. The van der Waals surface area contributed by atoms with Crippen LogP contribution in [0.1, 0.15) is 32.0 Å². The number of nitrogens with zero attached hydrogens (tertiary/aromatic N) is 1. The van der Waals surface area contributed by atoms with Crippen molar-refractivity contribution >= 4 is 40.3 Å². The number of ether oxygens (including phenoxy) is 5. The van der Waals surface area contributed by atoms with Gasteiger partial charge in [-0.15, -0.1) is 0 Å². The fourth-order valence-corrected chi connectivity index (χ4v) is 4.50. The van der Waals surface area contributed by atoms with Crippen molar-refractivity contribution in [1.82, 2.24) is 4.57 Å². The van der Waals surface area contributed by atoms with Gasteiger partial charge in [0.15, 0.2) is 11.5 Å². The number of halogens is 1. The molecule has 10 nitrogen and oxygen atoms in total. The topological polar surface area (TPSA) is 123 Å². The second-order valence-corrected chi connectivity index (χ2v) is 9.29. The van der Waals surface area contributed by atoms with Gasteiger partial charge in [0.1, 0.15) is 19.0 Å². The smallest absolute Gasteiger partial charge is 0.338 e. The normalized spacial score (nSPS) is 10.8. The number of rotatable bonds is 10. The second-order valence-electron chi connectivity index (χ2n) is 8.86. The number of carbonyl (C=O) groups excluding carboxylic acids is 3. The molecule has 214 valence electrons. The van der Waals surface area contributed by atoms with Crippen molar-refractivity contribution in [3.8, 4) is 23.0 Å². The van der Waals surface area contributed by atoms with Crippen LogP contribution in [-0.2, 0) is 20.7 Å². The number of esters is 2. The fourth-order valence-electron chi connectivity index (χ4n) is 4.38. The molecule has 0 radical (unpaired) electrons. The van der Waals surface area contributed by atoms with E-state index >= 15 is 0 Å². The molecular formula is C30H28ClNO9. The van der Waals surface area contributed by atoms with Crippen molar-refractivity contribution in [2.75, 3.05) is 34.5 Å². The highest BCUT2D eigenvalue weighted by Crippen LogP contribution is 2.37. The molecule has 0 bridgehead atoms. The molecule has 4 rings (SSSR count). The number of aromatic hydroxyl groups is 1. The Hall–Kier alpha value is -4.70. The van der Waals surface area contributed by atoms with Gasteiger partial charge in [0.2, 0.25) is 5.75 Å². The van der Waals surface area contributed by atoms with Gasteiger partial charge in [-0.25, -0.2) is 4.79 Å². The highest BCUT2D eigenvalue weighted by Gasteiger charge is 2.23. The average Bonchev–Trinajstić information content (AvgIpc) is 3.25. The lowest BCUT2D eigenvalue weighted by atomic mass is 10.1. The summed E-state index contributed by atoms with van der Waals surface area (Å²) in [6.07, 6.45) is -0.128. The van der Waals surface area contributed by atoms with Crippen LogP contribution < -0.4 is 14.2 Å². The summed E-state index contributed by atoms with van der Waals surface area (Å²) in [5.41, 5.74) is 2.31. The van der Waals surface area contributed by atoms with Gasteiger partial charge in [-0.3, -0.25) is 14.2 Å². The zero-order valence-corrected chi connectivity index (χ0v) is 23.6. The molecular weight excluding hydrogens is 554 g/mol. The minimum atomic E-state index is -0.718. The lowest BCUT2D eigenvalue weighted by molar-refractivity contribution is -0.143. The lowest BCUT2D eigenvalue weighted by Gasteiger charge is -2.11. The molecule has 0 atom stereocenters. The Bertz CT molecular complexity index is 1580. The third-order valence-electron chi connectivity index (χ3n) is 6.45. The van der Waals surface area contributed by atoms with Crippen molar-refractivity contribution in [3.05, 3.63) is 82.0 Å². The largest absolute Gasteiger partial charge is 0.502 e. The summed E-state index contributed by atoms with van der Waals surface area (Å²) < 4.78 is 27.5. The maximum Gasteiger partial charge on any atom is 0.338 e. The first-order valence-corrected chi connectivity index (χ1v) is 12.8. The van der Waals surface area contributed by atoms with Crippen LogP contribution in [0.3, 0.4) is 0 Å². The standard InChI is InChI=1S/C30H28ClNO9/c1-17-22(16-27(33)40-11-12-41-30(36)19-13-25(38-3)28(34)26(14-19)39-4)23-15-21(37-2)9-10-24(23)32(17)29(35)18-5-7-20(31)8-6-18/h5-10,13-15,34H,11-12,16H2,1-4H3. The number of phenolic OH excluding ortho intramolecular Hbond substituents is 1. The number of phenols is 1. The summed E-state index contributed by atoms with van der Waals surface area (Å²) in [5.74, 6) is -1.15. The lowest BCUT2D eigenvalue weighted by Crippen LogP contribution is -2.16. The SMILES string of the molecule is COc1ccc2c(c1)c(CC(=O)OCCOC(=O)c1cc(OC)c(O)c(OC)c1)c(C)n2C(=O)c1ccc(Cl)cc1. The van der Waals surface area contributed by atoms with E-state index in [0.717, 1.165) is 0 Å². The van der Waals surface area contributed by atoms with Crippen molar-refractivity contribution in [3.63, 3.8) is 0 Å². The molecule has 1 aromatic heterocycles. The van der Waals surface area contributed by atoms with Gasteiger partial charge in [0, 0.05) is 21.7 Å². The zero-order valence-electron chi connectivity index (χ0n) is 22.9. The monoisotopic (exact) mass is 581 g/mol. The van der Waals surface area contributed by atoms with E-state index in [0.29, 0.717) is 38.5 Å². The third kappa shape index (κ3) is 6.22. The molecule has 11 heteroatoms. The molecule has 4 aromatic rings. The minimum absolute atomic E-state index is 0.0448. The molecule has 0 saturated heterocycles. The predicted octanol–water partition coefficient (Wildman–Crippen LogP) is 4.97. The van der Waals surface area contributed by atoms with Crippen LogP contribution in [0.2, 0.25) is 5.02 Å². The zero-order chi connectivity index (χ0) is 29.7. The van der Waals surface area contributed by atoms with Gasteiger partial charge < -0.3 is 28.8 Å². The van der Waals surface area contributed by atoms with Gasteiger partial charge >= 0.3 is 11.9 Å². The van der Waals surface area contributed by atoms with E-state index in [9.17, 15) is 19.5 Å². The van der Waals surface area contributed by atoms with Gasteiger partial charge in [0.05, 0.1) is 38.8 Å². The van der Waals surface area contributed by atoms with E-state index in [4.69, 9.17) is 35.3 Å². The van der Waals surface area contributed by atoms with Crippen molar-refractivity contribution in [1.29, 1.82) is 0 Å². The van der Waals surface area contributed by atoms with Gasteiger partial charge in [-0.1, -0.05) is 11.6 Å². The molecule has 0 spiro atoms. The molecule has 1 heterocycles. The number of hydrogen-bond donors (Lipinski definition) is 1. The van der Waals surface area contributed by atoms with Crippen molar-refractivity contribution in [2.45, 2.75) is 13.3 Å². The van der Waals surface area contributed by atoms with Crippen LogP contribution in [0.25, 0.3) is 10.9 Å². The van der Waals surface area contributed by atoms with E-state index in [2.05, 4.69) is 0 Å². The summed E-state index contributed by atoms with van der Waals surface area (Å²) in [6, 6.07) is 14.4. The first kappa shape index (κ1) is 29.3. The van der Waals surface area contributed by atoms with Gasteiger partial charge in [-0.05, 0) is 67.1 Å². The number of aromatic nitrogens is 1. The molecule has 0 aliphatic heterocycles. The quantitative estimate of drug-likeness (QED) is 0.204. The molecule has 0 saturated carbocycles. The van der Waals surface area contributed by atoms with Gasteiger partial charge in [-0.2, -0.15) is 0 Å². The maximum absolute atomic E-state index is 13.4. The summed E-state index contributed by atoms with van der Waals surface area (Å²) in [6.45, 7) is 1.35. The molecule has 3 aromatic carbocycles. The predicted molar refractivity (Wildman–Crippen MR) is 151 cm³/mol. The summed E-state index contributed by atoms with van der Waals surface area (Å²) in [4.78, 5) is 38.7. The molecule has 0 aliphatic rings. The highest BCUT2D eigenvalue weighted by molar-refractivity contribution is 6.30. The Balaban J connectivity index is 1.47. The Kier molecular flexibility index (Phi) is 9.04. The number of benzene rings is 3. The average molecular weight is 582 g/mol. The summed E-state index contributed by atoms with van der Waals surface area (Å²) >= 11 is 5.98. The van der Waals surface area contributed by atoms with Crippen LogP contribution in [0, 0.1) is 6.92 Å². The van der Waals surface area contributed by atoms with E-state index < -0.39 is 11.9 Å². The second kappa shape index (κ2) is 12.6. The summed E-state index contributed by atoms with van der Waals surface area (Å²) in [5, 5.41) is 11.2. The first-order chi connectivity index (χ1) is 19.7. The van der Waals surface area contributed by atoms with Crippen LogP contribution in [-0.4, -0.2) is 62.1 Å². The molecule has 0 unspecified atom stereocenters. The van der Waals surface area contributed by atoms with Crippen LogP contribution in [0.4, 0.5) is 0 Å². The Morgan fingerprint density at radius 1 is 0.829 bits per heavy atom. The highest BCUT2D eigenvalue weighted by atomic mass is 35.5. The van der Waals surface area contributed by atoms with Crippen molar-refractivity contribution in [2.24, 2.45) is 0 Å². The Labute approximate surface area is 240 Å². The van der Waals surface area contributed by atoms with E-state index in [-0.39, 0.29) is 48.4 Å². The number of fused-ring (bicyclic) bond motifs is 1. The van der Waals surface area contributed by atoms with E-state index in [1.165, 1.54) is 33.5 Å². The Morgan fingerprint density at radius 2 is 1.46 bits per heavy atom. The number of hydrogen-bond acceptors (Lipinski definition) is 9. The number of carbonyl (C=O) groups is 3. The van der Waals surface area contributed by atoms with Crippen molar-refractivity contribution < 1.29 is 43.2 Å². The van der Waals surface area contributed by atoms with Crippen LogP contribution >= 0.6 is 11.6 Å². The van der Waals surface area contributed by atoms with Crippen LogP contribution in [0.15, 0.2) is 54.6 Å². The molecule has 0 amide bonds. The first-order valence-electron chi connectivity index (χ1n) is 12.4. The molecule has 1 N–H and O–H groups in total. The fraction of sp³-hybridized carbons (Fsp3) is 0.233. The molecule has 0 fully saturated rings. The van der Waals surface area contributed by atoms with Crippen LogP contribution in [0.5, 0.6) is 23.0 Å². The Morgan fingerprint density at radius 3 is 2.07 bits per heavy atom. The van der Waals surface area contributed by atoms with Gasteiger partial charge in [0.25, 0.3) is 5.91 Å². The molecule has 0 aliphatic carbocycles. The van der Waals surface area contributed by atoms with E-state index in [1.54, 1.807) is 54.0 Å². The maximum atomic E-state index is 13.4. The summed E-state index contributed by atoms with van der Waals surface area (Å²) in [7, 11) is 4.21. The molecule has 41 heavy (non-hydrogen) atoms.